The Labute approximate surface area is 177 Å². The van der Waals surface area contributed by atoms with E-state index in [1.54, 1.807) is 12.3 Å². The van der Waals surface area contributed by atoms with Gasteiger partial charge < -0.3 is 15.8 Å². The first-order chi connectivity index (χ1) is 14.1. The Morgan fingerprint density at radius 2 is 1.97 bits per heavy atom. The van der Waals surface area contributed by atoms with E-state index in [1.165, 1.54) is 10.1 Å². The van der Waals surface area contributed by atoms with Crippen molar-refractivity contribution in [3.05, 3.63) is 52.1 Å². The van der Waals surface area contributed by atoms with Crippen LogP contribution in [0.4, 0.5) is 10.6 Å². The summed E-state index contributed by atoms with van der Waals surface area (Å²) in [6.45, 7) is 10.3. The van der Waals surface area contributed by atoms with Crippen molar-refractivity contribution in [2.45, 2.75) is 58.7 Å². The summed E-state index contributed by atoms with van der Waals surface area (Å²) in [4.78, 5) is 30.2. The third-order valence-electron chi connectivity index (χ3n) is 5.13. The highest BCUT2D eigenvalue weighted by Crippen LogP contribution is 2.19. The van der Waals surface area contributed by atoms with E-state index in [0.717, 1.165) is 43.7 Å². The number of aromatic nitrogens is 2. The second-order valence-corrected chi connectivity index (χ2v) is 8.81. The molecule has 0 spiro atoms. The number of likely N-dealkylation sites (tertiary alicyclic amines) is 1. The Kier molecular flexibility index (Phi) is 6.45. The quantitative estimate of drug-likeness (QED) is 0.799. The largest absolute Gasteiger partial charge is 0.444 e. The van der Waals surface area contributed by atoms with Gasteiger partial charge in [0.05, 0.1) is 5.69 Å². The fourth-order valence-corrected chi connectivity index (χ4v) is 3.57. The number of rotatable bonds is 4. The van der Waals surface area contributed by atoms with Crippen molar-refractivity contribution in [3.8, 4) is 5.69 Å². The van der Waals surface area contributed by atoms with E-state index in [4.69, 9.17) is 10.5 Å². The highest BCUT2D eigenvalue weighted by Gasteiger charge is 2.23. The van der Waals surface area contributed by atoms with Crippen molar-refractivity contribution in [1.29, 1.82) is 0 Å². The number of piperidine rings is 1. The number of nitrogens with two attached hydrogens (primary N) is 1. The smallest absolute Gasteiger partial charge is 0.407 e. The van der Waals surface area contributed by atoms with Gasteiger partial charge in [0, 0.05) is 31.9 Å². The average molecular weight is 414 g/mol. The van der Waals surface area contributed by atoms with Gasteiger partial charge in [0.1, 0.15) is 11.4 Å². The number of benzene rings is 1. The maximum absolute atomic E-state index is 12.1. The molecule has 30 heavy (non-hydrogen) atoms. The molecule has 1 aromatic heterocycles. The van der Waals surface area contributed by atoms with Gasteiger partial charge >= 0.3 is 11.8 Å². The van der Waals surface area contributed by atoms with Crippen LogP contribution < -0.4 is 16.7 Å². The number of aryl methyl sites for hydroxylation is 1. The van der Waals surface area contributed by atoms with Crippen molar-refractivity contribution < 1.29 is 9.53 Å². The molecule has 1 fully saturated rings. The number of anilines is 1. The number of ether oxygens (including phenoxy) is 1. The van der Waals surface area contributed by atoms with Gasteiger partial charge in [-0.1, -0.05) is 6.07 Å². The Morgan fingerprint density at radius 1 is 1.27 bits per heavy atom. The summed E-state index contributed by atoms with van der Waals surface area (Å²) in [7, 11) is 0. The number of nitrogen functional groups attached to an aromatic ring is 1. The van der Waals surface area contributed by atoms with E-state index >= 15 is 0 Å². The third-order valence-corrected chi connectivity index (χ3v) is 5.13. The molecule has 8 heteroatoms. The van der Waals surface area contributed by atoms with Crippen LogP contribution in [-0.4, -0.2) is 45.3 Å². The summed E-state index contributed by atoms with van der Waals surface area (Å²) in [5.74, 6) is 0.217. The second-order valence-electron chi connectivity index (χ2n) is 8.81. The maximum atomic E-state index is 12.1. The fourth-order valence-electron chi connectivity index (χ4n) is 3.57. The van der Waals surface area contributed by atoms with E-state index in [1.807, 2.05) is 39.8 Å². The van der Waals surface area contributed by atoms with Gasteiger partial charge in [0.2, 0.25) is 0 Å². The molecule has 0 aliphatic carbocycles. The van der Waals surface area contributed by atoms with Crippen molar-refractivity contribution >= 4 is 11.9 Å². The number of amides is 1. The zero-order valence-corrected chi connectivity index (χ0v) is 18.1. The Morgan fingerprint density at radius 3 is 2.57 bits per heavy atom. The number of carbonyl (C=O) groups is 1. The Hall–Kier alpha value is -2.87. The van der Waals surface area contributed by atoms with E-state index in [0.29, 0.717) is 0 Å². The molecule has 0 atom stereocenters. The first-order valence-electron chi connectivity index (χ1n) is 10.3. The van der Waals surface area contributed by atoms with Crippen LogP contribution in [0.5, 0.6) is 0 Å². The molecule has 0 bridgehead atoms. The molecule has 3 N–H and O–H groups in total. The van der Waals surface area contributed by atoms with Crippen LogP contribution in [0.2, 0.25) is 0 Å². The van der Waals surface area contributed by atoms with Crippen molar-refractivity contribution in [3.63, 3.8) is 0 Å². The van der Waals surface area contributed by atoms with E-state index in [2.05, 4.69) is 21.3 Å². The SMILES string of the molecule is Cc1cc(-n2ccc(N)nc2=O)ccc1CN1CCC(NC(=O)OC(C)(C)C)CC1. The molecule has 3 rings (SSSR count). The summed E-state index contributed by atoms with van der Waals surface area (Å²) in [5.41, 5.74) is 7.80. The standard InChI is InChI=1S/C22H31N5O3/c1-15-13-18(27-12-9-19(23)25-20(27)28)6-5-16(15)14-26-10-7-17(8-11-26)24-21(29)30-22(2,3)4/h5-6,9,12-13,17H,7-8,10-11,14H2,1-4H3,(H,24,29)(H2,23,25,28). The van der Waals surface area contributed by atoms with Crippen LogP contribution in [0.15, 0.2) is 35.3 Å². The molecule has 1 saturated heterocycles. The summed E-state index contributed by atoms with van der Waals surface area (Å²) in [6.07, 6.45) is 3.08. The van der Waals surface area contributed by atoms with E-state index in [-0.39, 0.29) is 23.6 Å². The van der Waals surface area contributed by atoms with Gasteiger partial charge in [0.15, 0.2) is 0 Å². The van der Waals surface area contributed by atoms with E-state index < -0.39 is 5.60 Å². The molecule has 1 aromatic carbocycles. The molecule has 1 aliphatic rings. The lowest BCUT2D eigenvalue weighted by molar-refractivity contribution is 0.0477. The second kappa shape index (κ2) is 8.87. The number of nitrogens with one attached hydrogen (secondary N) is 1. The lowest BCUT2D eigenvalue weighted by Gasteiger charge is -2.33. The highest BCUT2D eigenvalue weighted by atomic mass is 16.6. The molecular formula is C22H31N5O3. The topological polar surface area (TPSA) is 102 Å². The number of carbonyl (C=O) groups excluding carboxylic acids is 1. The van der Waals surface area contributed by atoms with Crippen LogP contribution in [0, 0.1) is 6.92 Å². The normalized spacial score (nSPS) is 15.7. The fraction of sp³-hybridized carbons (Fsp3) is 0.500. The van der Waals surface area contributed by atoms with Gasteiger partial charge in [-0.25, -0.2) is 9.59 Å². The van der Waals surface area contributed by atoms with Gasteiger partial charge in [-0.2, -0.15) is 4.98 Å². The first-order valence-corrected chi connectivity index (χ1v) is 10.3. The number of hydrogen-bond acceptors (Lipinski definition) is 6. The lowest BCUT2D eigenvalue weighted by Crippen LogP contribution is -2.45. The van der Waals surface area contributed by atoms with Gasteiger partial charge in [-0.3, -0.25) is 9.47 Å². The molecule has 1 amide bonds. The molecule has 0 unspecified atom stereocenters. The molecule has 162 valence electrons. The van der Waals surface area contributed by atoms with Gasteiger partial charge in [-0.15, -0.1) is 0 Å². The molecular weight excluding hydrogens is 382 g/mol. The summed E-state index contributed by atoms with van der Waals surface area (Å²) in [6, 6.07) is 7.73. The number of hydrogen-bond donors (Lipinski definition) is 2. The van der Waals surface area contributed by atoms with Crippen LogP contribution >= 0.6 is 0 Å². The monoisotopic (exact) mass is 413 g/mol. The minimum absolute atomic E-state index is 0.143. The van der Waals surface area contributed by atoms with E-state index in [9.17, 15) is 9.59 Å². The molecule has 2 heterocycles. The minimum Gasteiger partial charge on any atom is -0.444 e. The Balaban J connectivity index is 1.56. The average Bonchev–Trinajstić information content (AvgIpc) is 2.63. The summed E-state index contributed by atoms with van der Waals surface area (Å²) < 4.78 is 6.83. The van der Waals surface area contributed by atoms with Crippen molar-refractivity contribution in [2.75, 3.05) is 18.8 Å². The maximum Gasteiger partial charge on any atom is 0.407 e. The first kappa shape index (κ1) is 21.8. The summed E-state index contributed by atoms with van der Waals surface area (Å²) >= 11 is 0. The van der Waals surface area contributed by atoms with Crippen molar-refractivity contribution in [2.24, 2.45) is 0 Å². The number of alkyl carbamates (subject to hydrolysis) is 1. The number of nitrogens with zero attached hydrogens (tertiary/aromatic N) is 3. The molecule has 2 aromatic rings. The minimum atomic E-state index is -0.484. The predicted molar refractivity (Wildman–Crippen MR) is 117 cm³/mol. The van der Waals surface area contributed by atoms with Crippen LogP contribution in [-0.2, 0) is 11.3 Å². The summed E-state index contributed by atoms with van der Waals surface area (Å²) in [5, 5.41) is 2.97. The molecule has 8 nitrogen and oxygen atoms in total. The van der Waals surface area contributed by atoms with Crippen LogP contribution in [0.1, 0.15) is 44.7 Å². The van der Waals surface area contributed by atoms with Crippen LogP contribution in [0.25, 0.3) is 5.69 Å². The highest BCUT2D eigenvalue weighted by molar-refractivity contribution is 5.68. The molecule has 0 radical (unpaired) electrons. The van der Waals surface area contributed by atoms with Gasteiger partial charge in [-0.05, 0) is 69.9 Å². The zero-order valence-electron chi connectivity index (χ0n) is 18.1. The zero-order chi connectivity index (χ0) is 21.9. The van der Waals surface area contributed by atoms with Crippen LogP contribution in [0.3, 0.4) is 0 Å². The molecule has 0 saturated carbocycles. The molecule has 1 aliphatic heterocycles. The lowest BCUT2D eigenvalue weighted by atomic mass is 10.0. The Bertz CT molecular complexity index is 956. The van der Waals surface area contributed by atoms with Gasteiger partial charge in [0.25, 0.3) is 0 Å². The third kappa shape index (κ3) is 5.82. The predicted octanol–water partition coefficient (Wildman–Crippen LogP) is 2.61. The van der Waals surface area contributed by atoms with Crippen molar-refractivity contribution in [1.82, 2.24) is 19.8 Å².